The van der Waals surface area contributed by atoms with Gasteiger partial charge < -0.3 is 5.32 Å². The lowest BCUT2D eigenvalue weighted by atomic mass is 10.1. The second-order valence-corrected chi connectivity index (χ2v) is 6.07. The van der Waals surface area contributed by atoms with Gasteiger partial charge in [0.25, 0.3) is 0 Å². The molecule has 8 nitrogen and oxygen atoms in total. The van der Waals surface area contributed by atoms with Crippen LogP contribution in [0.5, 0.6) is 0 Å². The molecule has 1 amide bonds. The van der Waals surface area contributed by atoms with E-state index in [1.54, 1.807) is 17.2 Å². The maximum Gasteiger partial charge on any atom is 0.248 e. The monoisotopic (exact) mass is 337 g/mol. The molecular formula is C17H19N7O. The van der Waals surface area contributed by atoms with Gasteiger partial charge in [0, 0.05) is 19.3 Å². The van der Waals surface area contributed by atoms with Gasteiger partial charge in [0.1, 0.15) is 6.33 Å². The highest BCUT2D eigenvalue weighted by Crippen LogP contribution is 2.11. The van der Waals surface area contributed by atoms with E-state index in [2.05, 4.69) is 25.8 Å². The lowest BCUT2D eigenvalue weighted by Gasteiger charge is -2.13. The first-order valence-electron chi connectivity index (χ1n) is 8.23. The topological polar surface area (TPSA) is 89.7 Å². The number of anilines is 1. The highest BCUT2D eigenvalue weighted by atomic mass is 16.2. The van der Waals surface area contributed by atoms with Crippen molar-refractivity contribution in [2.24, 2.45) is 5.92 Å². The summed E-state index contributed by atoms with van der Waals surface area (Å²) in [4.78, 5) is 16.7. The summed E-state index contributed by atoms with van der Waals surface area (Å²) in [5.74, 6) is 0.00130. The Hall–Kier alpha value is -3.00. The van der Waals surface area contributed by atoms with Crippen molar-refractivity contribution >= 4 is 11.9 Å². The van der Waals surface area contributed by atoms with Gasteiger partial charge in [0.05, 0.1) is 24.7 Å². The van der Waals surface area contributed by atoms with Gasteiger partial charge in [0.15, 0.2) is 0 Å². The van der Waals surface area contributed by atoms with Crippen LogP contribution in [0.3, 0.4) is 0 Å². The average molecular weight is 337 g/mol. The van der Waals surface area contributed by atoms with Crippen LogP contribution in [0.25, 0.3) is 0 Å². The minimum Gasteiger partial charge on any atom is -0.310 e. The Morgan fingerprint density at radius 1 is 1.28 bits per heavy atom. The molecule has 0 radical (unpaired) electrons. The van der Waals surface area contributed by atoms with Crippen molar-refractivity contribution < 1.29 is 4.79 Å². The van der Waals surface area contributed by atoms with Crippen LogP contribution in [-0.4, -0.2) is 37.0 Å². The molecule has 0 fully saturated rings. The predicted molar refractivity (Wildman–Crippen MR) is 91.6 cm³/mol. The van der Waals surface area contributed by atoms with E-state index in [9.17, 15) is 4.79 Å². The minimum atomic E-state index is -0.220. The van der Waals surface area contributed by atoms with Crippen LogP contribution in [0, 0.1) is 5.92 Å². The summed E-state index contributed by atoms with van der Waals surface area (Å²) in [6.45, 7) is 2.48. The van der Waals surface area contributed by atoms with Crippen LogP contribution in [0.4, 0.5) is 5.95 Å². The number of amides is 1. The molecule has 0 saturated heterocycles. The molecule has 3 heterocycles. The Bertz CT molecular complexity index is 855. The van der Waals surface area contributed by atoms with E-state index in [0.29, 0.717) is 32.1 Å². The summed E-state index contributed by atoms with van der Waals surface area (Å²) in [5, 5.41) is 14.7. The second kappa shape index (κ2) is 6.86. The van der Waals surface area contributed by atoms with E-state index >= 15 is 0 Å². The van der Waals surface area contributed by atoms with Crippen LogP contribution < -0.4 is 10.6 Å². The first-order valence-corrected chi connectivity index (χ1v) is 8.23. The third kappa shape index (κ3) is 3.58. The number of benzene rings is 1. The summed E-state index contributed by atoms with van der Waals surface area (Å²) < 4.78 is 3.58. The Kier molecular flexibility index (Phi) is 4.26. The first-order chi connectivity index (χ1) is 12.3. The van der Waals surface area contributed by atoms with Crippen LogP contribution in [0.1, 0.15) is 11.3 Å². The molecule has 1 aliphatic heterocycles. The zero-order valence-corrected chi connectivity index (χ0v) is 13.7. The molecule has 1 unspecified atom stereocenters. The van der Waals surface area contributed by atoms with E-state index in [1.807, 2.05) is 41.1 Å². The van der Waals surface area contributed by atoms with E-state index in [0.717, 1.165) is 11.3 Å². The van der Waals surface area contributed by atoms with Crippen molar-refractivity contribution in [1.82, 2.24) is 29.9 Å². The molecule has 25 heavy (non-hydrogen) atoms. The van der Waals surface area contributed by atoms with Crippen LogP contribution in [0.2, 0.25) is 0 Å². The Balaban J connectivity index is 1.40. The summed E-state index contributed by atoms with van der Waals surface area (Å²) in [6.07, 6.45) is 3.38. The Morgan fingerprint density at radius 3 is 3.04 bits per heavy atom. The number of fused-ring (bicyclic) bond motifs is 1. The summed E-state index contributed by atoms with van der Waals surface area (Å²) in [7, 11) is 0. The third-order valence-corrected chi connectivity index (χ3v) is 4.22. The van der Waals surface area contributed by atoms with Gasteiger partial charge in [-0.1, -0.05) is 30.3 Å². The molecule has 4 rings (SSSR count). The summed E-state index contributed by atoms with van der Waals surface area (Å²) >= 11 is 0. The van der Waals surface area contributed by atoms with Crippen molar-refractivity contribution in [3.05, 3.63) is 60.2 Å². The van der Waals surface area contributed by atoms with Crippen LogP contribution in [-0.2, 0) is 24.4 Å². The lowest BCUT2D eigenvalue weighted by Crippen LogP contribution is -2.33. The second-order valence-electron chi connectivity index (χ2n) is 6.07. The highest BCUT2D eigenvalue weighted by molar-refractivity contribution is 5.91. The Morgan fingerprint density at radius 2 is 2.16 bits per heavy atom. The van der Waals surface area contributed by atoms with E-state index in [4.69, 9.17) is 0 Å². The van der Waals surface area contributed by atoms with E-state index in [-0.39, 0.29) is 11.8 Å². The van der Waals surface area contributed by atoms with Crippen molar-refractivity contribution in [3.63, 3.8) is 0 Å². The molecular weight excluding hydrogens is 318 g/mol. The van der Waals surface area contributed by atoms with Crippen molar-refractivity contribution in [3.8, 4) is 0 Å². The molecule has 1 aromatic carbocycles. The Labute approximate surface area is 144 Å². The van der Waals surface area contributed by atoms with Gasteiger partial charge in [-0.05, 0) is 11.6 Å². The normalized spacial score (nSPS) is 16.9. The molecule has 0 aliphatic carbocycles. The van der Waals surface area contributed by atoms with Gasteiger partial charge >= 0.3 is 0 Å². The molecule has 8 heteroatoms. The summed E-state index contributed by atoms with van der Waals surface area (Å²) in [5.41, 5.74) is 2.21. The number of carbonyl (C=O) groups is 1. The fourth-order valence-corrected chi connectivity index (χ4v) is 2.91. The molecule has 0 spiro atoms. The van der Waals surface area contributed by atoms with Crippen molar-refractivity contribution in [2.75, 3.05) is 11.9 Å². The van der Waals surface area contributed by atoms with Gasteiger partial charge in [-0.2, -0.15) is 5.10 Å². The molecule has 2 aromatic heterocycles. The molecule has 128 valence electrons. The molecule has 2 N–H and O–H groups in total. The molecule has 1 aliphatic rings. The van der Waals surface area contributed by atoms with Crippen molar-refractivity contribution in [1.29, 1.82) is 0 Å². The summed E-state index contributed by atoms with van der Waals surface area (Å²) in [6, 6.07) is 12.0. The molecule has 1 atom stereocenters. The molecule has 0 bridgehead atoms. The third-order valence-electron chi connectivity index (χ3n) is 4.22. The fraction of sp³-hybridized carbons (Fsp3) is 0.294. The highest BCUT2D eigenvalue weighted by Gasteiger charge is 2.24. The first kappa shape index (κ1) is 15.5. The number of aromatic nitrogens is 5. The van der Waals surface area contributed by atoms with E-state index < -0.39 is 0 Å². The number of nitrogens with zero attached hydrogens (tertiary/aromatic N) is 5. The maximum absolute atomic E-state index is 12.5. The van der Waals surface area contributed by atoms with Gasteiger partial charge in [-0.15, -0.1) is 5.10 Å². The zero-order chi connectivity index (χ0) is 17.1. The SMILES string of the molecule is O=C(Nc1ncn(Cc2ccccc2)n1)C1CNCc2ccnn2C1. The number of rotatable bonds is 4. The number of hydrogen-bond acceptors (Lipinski definition) is 5. The lowest BCUT2D eigenvalue weighted by molar-refractivity contribution is -0.120. The quantitative estimate of drug-likeness (QED) is 0.738. The number of carbonyl (C=O) groups excluding carboxylic acids is 1. The maximum atomic E-state index is 12.5. The molecule has 3 aromatic rings. The standard InChI is InChI=1S/C17H19N7O/c25-16(14-8-18-9-15-6-7-20-24(15)11-14)21-17-19-12-23(22-17)10-13-4-2-1-3-5-13/h1-7,12,14,18H,8-11H2,(H,21,22,25). The number of hydrogen-bond donors (Lipinski definition) is 2. The van der Waals surface area contributed by atoms with Gasteiger partial charge in [-0.3, -0.25) is 14.8 Å². The predicted octanol–water partition coefficient (Wildman–Crippen LogP) is 0.881. The largest absolute Gasteiger partial charge is 0.310 e. The van der Waals surface area contributed by atoms with Crippen molar-refractivity contribution in [2.45, 2.75) is 19.6 Å². The van der Waals surface area contributed by atoms with Crippen LogP contribution >= 0.6 is 0 Å². The van der Waals surface area contributed by atoms with Gasteiger partial charge in [0.2, 0.25) is 11.9 Å². The fourth-order valence-electron chi connectivity index (χ4n) is 2.91. The van der Waals surface area contributed by atoms with E-state index in [1.165, 1.54) is 0 Å². The van der Waals surface area contributed by atoms with Gasteiger partial charge in [-0.25, -0.2) is 9.67 Å². The molecule has 0 saturated carbocycles. The average Bonchev–Trinajstić information content (AvgIpc) is 3.20. The zero-order valence-electron chi connectivity index (χ0n) is 13.7. The smallest absolute Gasteiger partial charge is 0.248 e. The minimum absolute atomic E-state index is 0.103. The van der Waals surface area contributed by atoms with Crippen LogP contribution in [0.15, 0.2) is 48.9 Å². The number of nitrogens with one attached hydrogen (secondary N) is 2.